The van der Waals surface area contributed by atoms with Crippen molar-refractivity contribution >= 4 is 0 Å². The molecule has 0 unspecified atom stereocenters. The SMILES string of the molecule is C=CF.FCC(F)(F)F. The fourth-order valence-electron chi connectivity index (χ4n) is 0. The molecule has 0 saturated heterocycles. The molecule has 0 aliphatic heterocycles. The molecule has 0 saturated carbocycles. The van der Waals surface area contributed by atoms with Crippen LogP contribution in [0.2, 0.25) is 0 Å². The lowest BCUT2D eigenvalue weighted by Crippen LogP contribution is -2.08. The predicted molar refractivity (Wildman–Crippen MR) is 23.3 cm³/mol. The third-order valence-electron chi connectivity index (χ3n) is 0.152. The Morgan fingerprint density at radius 2 is 1.44 bits per heavy atom. The van der Waals surface area contributed by atoms with Crippen LogP contribution in [0.4, 0.5) is 22.0 Å². The van der Waals surface area contributed by atoms with E-state index in [4.69, 9.17) is 0 Å². The highest BCUT2D eigenvalue weighted by Crippen LogP contribution is 2.13. The van der Waals surface area contributed by atoms with E-state index in [-0.39, 0.29) is 6.33 Å². The monoisotopic (exact) mass is 148 g/mol. The lowest BCUT2D eigenvalue weighted by molar-refractivity contribution is -0.142. The first-order valence-electron chi connectivity index (χ1n) is 1.81. The minimum atomic E-state index is -4.62. The van der Waals surface area contributed by atoms with Crippen LogP contribution in [-0.4, -0.2) is 12.9 Å². The van der Waals surface area contributed by atoms with E-state index in [1.807, 2.05) is 0 Å². The Hall–Kier alpha value is -0.610. The molecule has 0 fully saturated rings. The number of halogens is 5. The molecule has 0 aromatic heterocycles. The van der Waals surface area contributed by atoms with Crippen LogP contribution in [0.15, 0.2) is 12.9 Å². The number of alkyl halides is 4. The lowest BCUT2D eigenvalue weighted by Gasteiger charge is -1.93. The van der Waals surface area contributed by atoms with E-state index in [2.05, 4.69) is 6.58 Å². The van der Waals surface area contributed by atoms with E-state index in [0.29, 0.717) is 0 Å². The summed E-state index contributed by atoms with van der Waals surface area (Å²) in [5, 5.41) is 0. The van der Waals surface area contributed by atoms with Crippen molar-refractivity contribution in [2.24, 2.45) is 0 Å². The summed E-state index contributed by atoms with van der Waals surface area (Å²) >= 11 is 0. The fraction of sp³-hybridized carbons (Fsp3) is 0.500. The van der Waals surface area contributed by atoms with Crippen LogP contribution < -0.4 is 0 Å². The summed E-state index contributed by atoms with van der Waals surface area (Å²) in [6.45, 7) is 0.465. The third-order valence-corrected chi connectivity index (χ3v) is 0.152. The molecule has 0 rings (SSSR count). The van der Waals surface area contributed by atoms with Crippen LogP contribution in [0.1, 0.15) is 0 Å². The van der Waals surface area contributed by atoms with E-state index >= 15 is 0 Å². The highest BCUT2D eigenvalue weighted by Gasteiger charge is 2.26. The minimum Gasteiger partial charge on any atom is -0.241 e. The maximum absolute atomic E-state index is 10.4. The van der Waals surface area contributed by atoms with Gasteiger partial charge in [0, 0.05) is 0 Å². The molecule has 0 radical (unpaired) electrons. The van der Waals surface area contributed by atoms with Crippen LogP contribution >= 0.6 is 0 Å². The van der Waals surface area contributed by atoms with Crippen molar-refractivity contribution in [1.82, 2.24) is 0 Å². The minimum absolute atomic E-state index is 0.250. The fourth-order valence-corrected chi connectivity index (χ4v) is 0. The van der Waals surface area contributed by atoms with Crippen LogP contribution in [0.25, 0.3) is 0 Å². The molecule has 9 heavy (non-hydrogen) atoms. The van der Waals surface area contributed by atoms with Crippen molar-refractivity contribution in [2.45, 2.75) is 6.18 Å². The summed E-state index contributed by atoms with van der Waals surface area (Å²) < 4.78 is 51.7. The lowest BCUT2D eigenvalue weighted by atomic mass is 10.8. The van der Waals surface area contributed by atoms with Crippen molar-refractivity contribution < 1.29 is 22.0 Å². The molecule has 0 bridgehead atoms. The highest BCUT2D eigenvalue weighted by atomic mass is 19.4. The first-order valence-corrected chi connectivity index (χ1v) is 1.81. The normalized spacial score (nSPS) is 9.44. The van der Waals surface area contributed by atoms with Gasteiger partial charge in [-0.2, -0.15) is 13.2 Å². The van der Waals surface area contributed by atoms with Gasteiger partial charge in [-0.05, 0) is 0 Å². The highest BCUT2D eigenvalue weighted by molar-refractivity contribution is 4.40. The van der Waals surface area contributed by atoms with Crippen molar-refractivity contribution in [1.29, 1.82) is 0 Å². The molecule has 0 aromatic carbocycles. The molecule has 0 amide bonds. The predicted octanol–water partition coefficient (Wildman–Crippen LogP) is 2.62. The second-order valence-electron chi connectivity index (χ2n) is 0.903. The van der Waals surface area contributed by atoms with E-state index in [9.17, 15) is 22.0 Å². The summed E-state index contributed by atoms with van der Waals surface area (Å²) in [6, 6.07) is 0. The third kappa shape index (κ3) is 37.6. The first kappa shape index (κ1) is 11.2. The first-order chi connectivity index (χ1) is 3.97. The van der Waals surface area contributed by atoms with Crippen LogP contribution in [0.5, 0.6) is 0 Å². The van der Waals surface area contributed by atoms with Crippen LogP contribution in [0.3, 0.4) is 0 Å². The zero-order valence-electron chi connectivity index (χ0n) is 4.38. The Balaban J connectivity index is 0. The van der Waals surface area contributed by atoms with Gasteiger partial charge in [0.25, 0.3) is 0 Å². The van der Waals surface area contributed by atoms with Crippen LogP contribution in [0, 0.1) is 0 Å². The number of hydrogen-bond donors (Lipinski definition) is 0. The Morgan fingerprint density at radius 1 is 1.33 bits per heavy atom. The Morgan fingerprint density at radius 3 is 1.44 bits per heavy atom. The average molecular weight is 148 g/mol. The molecule has 0 aliphatic rings. The van der Waals surface area contributed by atoms with Gasteiger partial charge < -0.3 is 0 Å². The average Bonchev–Trinajstić information content (AvgIpc) is 1.67. The maximum atomic E-state index is 10.4. The van der Waals surface area contributed by atoms with Gasteiger partial charge in [-0.1, -0.05) is 6.58 Å². The smallest absolute Gasteiger partial charge is 0.241 e. The number of hydrogen-bond acceptors (Lipinski definition) is 0. The Bertz CT molecular complexity index is 63.8. The molecule has 0 spiro atoms. The van der Waals surface area contributed by atoms with E-state index < -0.39 is 12.9 Å². The maximum Gasteiger partial charge on any atom is 0.416 e. The Labute approximate surface area is 49.0 Å². The zero-order chi connectivity index (χ0) is 7.91. The van der Waals surface area contributed by atoms with E-state index in [0.717, 1.165) is 0 Å². The van der Waals surface area contributed by atoms with Gasteiger partial charge in [-0.3, -0.25) is 0 Å². The van der Waals surface area contributed by atoms with Crippen molar-refractivity contribution in [2.75, 3.05) is 6.67 Å². The largest absolute Gasteiger partial charge is 0.416 e. The molecule has 56 valence electrons. The quantitative estimate of drug-likeness (QED) is 0.463. The number of rotatable bonds is 0. The Kier molecular flexibility index (Phi) is 6.89. The van der Waals surface area contributed by atoms with Gasteiger partial charge in [0.15, 0.2) is 6.67 Å². The summed E-state index contributed by atoms with van der Waals surface area (Å²) in [7, 11) is 0. The van der Waals surface area contributed by atoms with Crippen LogP contribution in [-0.2, 0) is 0 Å². The molecular weight excluding hydrogens is 143 g/mol. The second kappa shape index (κ2) is 5.53. The molecule has 5 heteroatoms. The van der Waals surface area contributed by atoms with Crippen molar-refractivity contribution in [3.8, 4) is 0 Å². The van der Waals surface area contributed by atoms with Gasteiger partial charge >= 0.3 is 6.18 Å². The molecule has 0 nitrogen and oxygen atoms in total. The van der Waals surface area contributed by atoms with Gasteiger partial charge in [0.2, 0.25) is 0 Å². The molecule has 0 heterocycles. The molecule has 0 aromatic rings. The second-order valence-corrected chi connectivity index (χ2v) is 0.903. The molecule has 0 N–H and O–H groups in total. The standard InChI is InChI=1S/C2H2F4.C2H3F/c3-1-2(4,5)6;1-2-3/h1H2;2H,1H2. The van der Waals surface area contributed by atoms with E-state index in [1.165, 1.54) is 0 Å². The molecule has 0 atom stereocenters. The summed E-state index contributed by atoms with van der Waals surface area (Å²) in [5.41, 5.74) is 0. The van der Waals surface area contributed by atoms with Gasteiger partial charge in [0.1, 0.15) is 0 Å². The van der Waals surface area contributed by atoms with Gasteiger partial charge in [-0.15, -0.1) is 0 Å². The summed E-state index contributed by atoms with van der Waals surface area (Å²) in [6.07, 6.45) is -4.38. The summed E-state index contributed by atoms with van der Waals surface area (Å²) in [4.78, 5) is 0. The summed E-state index contributed by atoms with van der Waals surface area (Å²) in [5.74, 6) is 0. The molecule has 0 aliphatic carbocycles. The van der Waals surface area contributed by atoms with E-state index in [1.54, 1.807) is 0 Å². The zero-order valence-corrected chi connectivity index (χ0v) is 4.38. The van der Waals surface area contributed by atoms with Crippen molar-refractivity contribution in [3.63, 3.8) is 0 Å². The molecular formula is C4H5F5. The van der Waals surface area contributed by atoms with Gasteiger partial charge in [-0.25, -0.2) is 8.78 Å². The van der Waals surface area contributed by atoms with Gasteiger partial charge in [0.05, 0.1) is 6.33 Å². The topological polar surface area (TPSA) is 0 Å². The van der Waals surface area contributed by atoms with Crippen molar-refractivity contribution in [3.05, 3.63) is 12.9 Å².